The van der Waals surface area contributed by atoms with Crippen LogP contribution >= 0.6 is 0 Å². The summed E-state index contributed by atoms with van der Waals surface area (Å²) in [6.45, 7) is 14.2. The molecule has 1 aliphatic rings. The van der Waals surface area contributed by atoms with Gasteiger partial charge in [0.2, 0.25) is 23.6 Å². The molecular weight excluding hydrogens is 638 g/mol. The SMILES string of the molecule is CC[C@H](C)[C@@H]([C@@H](CC(=O)N1CCC[C@H]1[C@H](OC)[C@@H](C)C(=O)NC[C@@H](O)c1ccccc1)OC)N(C)C(=O)C(NC(=O)[C@@H](NC)C(C)C)C(C)C. The summed E-state index contributed by atoms with van der Waals surface area (Å²) in [6, 6.07) is 7.18. The minimum atomic E-state index is -0.843. The highest BCUT2D eigenvalue weighted by molar-refractivity contribution is 5.90. The van der Waals surface area contributed by atoms with Crippen LogP contribution in [0, 0.1) is 23.7 Å². The number of benzene rings is 1. The van der Waals surface area contributed by atoms with Crippen LogP contribution in [0.15, 0.2) is 30.3 Å². The lowest BCUT2D eigenvalue weighted by molar-refractivity contribution is -0.147. The molecule has 284 valence electrons. The average molecular weight is 704 g/mol. The van der Waals surface area contributed by atoms with Gasteiger partial charge in [0.25, 0.3) is 0 Å². The summed E-state index contributed by atoms with van der Waals surface area (Å²) in [4.78, 5) is 58.0. The molecule has 0 saturated carbocycles. The normalized spacial score (nSPS) is 19.6. The van der Waals surface area contributed by atoms with Crippen molar-refractivity contribution in [2.24, 2.45) is 23.7 Å². The summed E-state index contributed by atoms with van der Waals surface area (Å²) in [5.41, 5.74) is 0.713. The number of hydrogen-bond donors (Lipinski definition) is 4. The van der Waals surface area contributed by atoms with Crippen LogP contribution in [0.25, 0.3) is 0 Å². The summed E-state index contributed by atoms with van der Waals surface area (Å²) in [5, 5.41) is 19.4. The molecule has 1 unspecified atom stereocenters. The average Bonchev–Trinajstić information content (AvgIpc) is 3.58. The minimum Gasteiger partial charge on any atom is -0.387 e. The van der Waals surface area contributed by atoms with Crippen LogP contribution in [0.2, 0.25) is 0 Å². The fourth-order valence-electron chi connectivity index (χ4n) is 7.20. The van der Waals surface area contributed by atoms with E-state index in [1.807, 2.05) is 59.7 Å². The van der Waals surface area contributed by atoms with Gasteiger partial charge in [0.15, 0.2) is 0 Å². The largest absolute Gasteiger partial charge is 0.387 e. The molecule has 1 aromatic carbocycles. The molecule has 1 aromatic rings. The van der Waals surface area contributed by atoms with Gasteiger partial charge >= 0.3 is 0 Å². The molecule has 4 N–H and O–H groups in total. The highest BCUT2D eigenvalue weighted by Gasteiger charge is 2.43. The van der Waals surface area contributed by atoms with E-state index in [9.17, 15) is 24.3 Å². The molecule has 12 heteroatoms. The Morgan fingerprint density at radius 3 is 2.10 bits per heavy atom. The van der Waals surface area contributed by atoms with E-state index in [-0.39, 0.29) is 60.4 Å². The van der Waals surface area contributed by atoms with Crippen molar-refractivity contribution in [1.29, 1.82) is 0 Å². The second-order valence-electron chi connectivity index (χ2n) is 14.5. The molecule has 0 radical (unpaired) electrons. The van der Waals surface area contributed by atoms with Gasteiger partial charge < -0.3 is 40.3 Å². The maximum atomic E-state index is 14.1. The third-order valence-electron chi connectivity index (χ3n) is 10.4. The van der Waals surface area contributed by atoms with Crippen LogP contribution in [0.4, 0.5) is 0 Å². The van der Waals surface area contributed by atoms with Gasteiger partial charge in [-0.25, -0.2) is 0 Å². The van der Waals surface area contributed by atoms with Crippen molar-refractivity contribution < 1.29 is 33.8 Å². The number of hydrogen-bond acceptors (Lipinski definition) is 8. The molecule has 0 spiro atoms. The summed E-state index contributed by atoms with van der Waals surface area (Å²) in [7, 11) is 6.57. The molecule has 2 rings (SSSR count). The Morgan fingerprint density at radius 2 is 1.58 bits per heavy atom. The molecule has 1 aliphatic heterocycles. The first-order valence-corrected chi connectivity index (χ1v) is 18.2. The van der Waals surface area contributed by atoms with Crippen molar-refractivity contribution in [3.63, 3.8) is 0 Å². The zero-order valence-electron chi connectivity index (χ0n) is 32.3. The number of likely N-dealkylation sites (N-methyl/N-ethyl adjacent to an activating group) is 2. The Kier molecular flexibility index (Phi) is 17.9. The van der Waals surface area contributed by atoms with Crippen LogP contribution in [0.1, 0.15) is 85.8 Å². The Morgan fingerprint density at radius 1 is 0.960 bits per heavy atom. The Bertz CT molecular complexity index is 1220. The number of carbonyl (C=O) groups is 4. The fourth-order valence-corrected chi connectivity index (χ4v) is 7.20. The maximum absolute atomic E-state index is 14.1. The number of amides is 4. The first-order valence-electron chi connectivity index (χ1n) is 18.2. The van der Waals surface area contributed by atoms with Gasteiger partial charge in [-0.05, 0) is 43.2 Å². The van der Waals surface area contributed by atoms with Crippen molar-refractivity contribution in [2.75, 3.05) is 41.4 Å². The van der Waals surface area contributed by atoms with E-state index in [1.165, 1.54) is 0 Å². The summed E-state index contributed by atoms with van der Waals surface area (Å²) in [5.74, 6) is -1.60. The predicted octanol–water partition coefficient (Wildman–Crippen LogP) is 3.14. The van der Waals surface area contributed by atoms with Crippen molar-refractivity contribution in [1.82, 2.24) is 25.8 Å². The number of nitrogens with zero attached hydrogens (tertiary/aromatic N) is 2. The molecule has 4 amide bonds. The minimum absolute atomic E-state index is 0.0120. The van der Waals surface area contributed by atoms with Gasteiger partial charge in [0.05, 0.1) is 48.8 Å². The van der Waals surface area contributed by atoms with Crippen molar-refractivity contribution in [3.05, 3.63) is 35.9 Å². The molecule has 0 aromatic heterocycles. The second-order valence-corrected chi connectivity index (χ2v) is 14.5. The van der Waals surface area contributed by atoms with Crippen LogP contribution in [-0.4, -0.2) is 116 Å². The molecule has 1 saturated heterocycles. The van der Waals surface area contributed by atoms with Gasteiger partial charge in [0.1, 0.15) is 6.04 Å². The van der Waals surface area contributed by atoms with E-state index in [0.29, 0.717) is 18.5 Å². The number of rotatable bonds is 20. The third kappa shape index (κ3) is 11.2. The molecule has 12 nitrogen and oxygen atoms in total. The Balaban J connectivity index is 2.21. The van der Waals surface area contributed by atoms with Crippen molar-refractivity contribution in [2.45, 2.75) is 117 Å². The standard InChI is InChI=1S/C38H65N5O7/c1-12-25(6)34(42(9)38(48)33(24(4)5)41-37(47)32(39-8)23(2)3)30(49-10)21-31(45)43-20-16-19-28(43)35(50-11)26(7)36(46)40-22-29(44)27-17-14-13-15-18-27/h13-15,17-18,23-26,28-30,32-35,39,44H,12,16,19-22H2,1-11H3,(H,40,46)(H,41,47)/t25-,26+,28-,29+,30+,32-,33?,34-,35+/m0/s1. The van der Waals surface area contributed by atoms with Gasteiger partial charge in [-0.1, -0.05) is 85.2 Å². The quantitative estimate of drug-likeness (QED) is 0.162. The van der Waals surface area contributed by atoms with Gasteiger partial charge in [-0.3, -0.25) is 19.2 Å². The highest BCUT2D eigenvalue weighted by Crippen LogP contribution is 2.29. The van der Waals surface area contributed by atoms with Gasteiger partial charge in [-0.15, -0.1) is 0 Å². The number of likely N-dealkylation sites (tertiary alicyclic amines) is 1. The predicted molar refractivity (Wildman–Crippen MR) is 195 cm³/mol. The van der Waals surface area contributed by atoms with E-state index >= 15 is 0 Å². The molecule has 0 bridgehead atoms. The van der Waals surface area contributed by atoms with Crippen molar-refractivity contribution in [3.8, 4) is 0 Å². The first kappa shape index (κ1) is 43.1. The summed E-state index contributed by atoms with van der Waals surface area (Å²) in [6.07, 6.45) is 0.208. The first-order chi connectivity index (χ1) is 23.6. The second kappa shape index (κ2) is 20.7. The smallest absolute Gasteiger partial charge is 0.245 e. The van der Waals surface area contributed by atoms with Gasteiger partial charge in [0, 0.05) is 34.4 Å². The third-order valence-corrected chi connectivity index (χ3v) is 10.4. The zero-order chi connectivity index (χ0) is 37.7. The van der Waals surface area contributed by atoms with E-state index in [0.717, 1.165) is 12.8 Å². The monoisotopic (exact) mass is 703 g/mol. The maximum Gasteiger partial charge on any atom is 0.245 e. The lowest BCUT2D eigenvalue weighted by atomic mass is 9.89. The number of aliphatic hydroxyl groups is 1. The molecule has 1 fully saturated rings. The van der Waals surface area contributed by atoms with E-state index in [4.69, 9.17) is 9.47 Å². The Hall–Kier alpha value is -3.06. The number of methoxy groups -OCH3 is 2. The molecular formula is C38H65N5O7. The van der Waals surface area contributed by atoms with Crippen molar-refractivity contribution >= 4 is 23.6 Å². The highest BCUT2D eigenvalue weighted by atomic mass is 16.5. The molecule has 1 heterocycles. The Labute approximate surface area is 300 Å². The molecule has 0 aliphatic carbocycles. The number of ether oxygens (including phenoxy) is 2. The van der Waals surface area contributed by atoms with Crippen LogP contribution < -0.4 is 16.0 Å². The number of aliphatic hydroxyl groups excluding tert-OH is 1. The summed E-state index contributed by atoms with van der Waals surface area (Å²) >= 11 is 0. The molecule has 9 atom stereocenters. The van der Waals surface area contributed by atoms with Crippen LogP contribution in [0.5, 0.6) is 0 Å². The van der Waals surface area contributed by atoms with E-state index < -0.39 is 42.4 Å². The topological polar surface area (TPSA) is 150 Å². The zero-order valence-corrected chi connectivity index (χ0v) is 32.3. The lowest BCUT2D eigenvalue weighted by Gasteiger charge is -2.41. The number of nitrogens with one attached hydrogen (secondary N) is 3. The fraction of sp³-hybridized carbons (Fsp3) is 0.737. The lowest BCUT2D eigenvalue weighted by Crippen LogP contribution is -2.59. The molecule has 50 heavy (non-hydrogen) atoms. The van der Waals surface area contributed by atoms with E-state index in [2.05, 4.69) is 16.0 Å². The number of carbonyl (C=O) groups excluding carboxylic acids is 4. The summed E-state index contributed by atoms with van der Waals surface area (Å²) < 4.78 is 11.9. The van der Waals surface area contributed by atoms with Crippen LogP contribution in [0.3, 0.4) is 0 Å². The van der Waals surface area contributed by atoms with Gasteiger partial charge in [-0.2, -0.15) is 0 Å². The van der Waals surface area contributed by atoms with E-state index in [1.54, 1.807) is 57.2 Å². The van der Waals surface area contributed by atoms with Crippen LogP contribution in [-0.2, 0) is 28.7 Å².